The maximum absolute atomic E-state index is 12.0. The van der Waals surface area contributed by atoms with Crippen LogP contribution in [0.3, 0.4) is 0 Å². The highest BCUT2D eigenvalue weighted by atomic mass is 16.6. The van der Waals surface area contributed by atoms with Gasteiger partial charge in [0.2, 0.25) is 5.91 Å². The van der Waals surface area contributed by atoms with E-state index in [2.05, 4.69) is 29.8 Å². The van der Waals surface area contributed by atoms with Gasteiger partial charge < -0.3 is 20.7 Å². The minimum Gasteiger partial charge on any atom is -0.444 e. The predicted octanol–water partition coefficient (Wildman–Crippen LogP) is 2.57. The van der Waals surface area contributed by atoms with Crippen molar-refractivity contribution in [3.05, 3.63) is 35.4 Å². The molecule has 7 nitrogen and oxygen atoms in total. The molecule has 27 heavy (non-hydrogen) atoms. The van der Waals surface area contributed by atoms with Gasteiger partial charge >= 0.3 is 6.09 Å². The summed E-state index contributed by atoms with van der Waals surface area (Å²) in [6.07, 6.45) is -0.407. The number of hydrogen-bond donors (Lipinski definition) is 3. The summed E-state index contributed by atoms with van der Waals surface area (Å²) < 4.78 is 5.08. The van der Waals surface area contributed by atoms with E-state index in [9.17, 15) is 14.4 Å². The van der Waals surface area contributed by atoms with E-state index in [4.69, 9.17) is 4.74 Å². The minimum absolute atomic E-state index is 0.143. The van der Waals surface area contributed by atoms with Crippen molar-refractivity contribution < 1.29 is 19.1 Å². The molecule has 0 radical (unpaired) electrons. The lowest BCUT2D eigenvalue weighted by molar-refractivity contribution is -0.120. The van der Waals surface area contributed by atoms with Crippen LogP contribution in [0, 0.1) is 0 Å². The molecule has 0 aliphatic heterocycles. The summed E-state index contributed by atoms with van der Waals surface area (Å²) in [5.74, 6) is 0.0369. The molecule has 0 heterocycles. The number of nitrogens with one attached hydrogen (secondary N) is 3. The normalized spacial score (nSPS) is 11.0. The Morgan fingerprint density at radius 1 is 0.926 bits per heavy atom. The highest BCUT2D eigenvalue weighted by Crippen LogP contribution is 2.14. The molecule has 0 aliphatic rings. The molecule has 1 rings (SSSR count). The van der Waals surface area contributed by atoms with E-state index in [0.717, 1.165) is 0 Å². The first-order valence-electron chi connectivity index (χ1n) is 9.20. The molecule has 7 heteroatoms. The molecule has 0 bridgehead atoms. The largest absolute Gasteiger partial charge is 0.444 e. The van der Waals surface area contributed by atoms with Crippen molar-refractivity contribution in [3.8, 4) is 0 Å². The second-order valence-electron chi connectivity index (χ2n) is 7.56. The molecule has 3 amide bonds. The van der Waals surface area contributed by atoms with Crippen molar-refractivity contribution >= 4 is 17.9 Å². The van der Waals surface area contributed by atoms with Crippen LogP contribution in [0.2, 0.25) is 0 Å². The molecule has 1 aromatic rings. The first-order valence-corrected chi connectivity index (χ1v) is 9.20. The first-order chi connectivity index (χ1) is 12.6. The standard InChI is InChI=1S/C20H31N3O4/c1-14(2)15-6-8-16(9-7-15)18(25)22-13-12-21-17(24)10-11-23-19(26)27-20(3,4)5/h6-9,14H,10-13H2,1-5H3,(H,21,24)(H,22,25)(H,23,26). The zero-order valence-corrected chi connectivity index (χ0v) is 16.8. The van der Waals surface area contributed by atoms with E-state index in [-0.39, 0.29) is 24.8 Å². The molecule has 0 aromatic heterocycles. The highest BCUT2D eigenvalue weighted by Gasteiger charge is 2.15. The lowest BCUT2D eigenvalue weighted by atomic mass is 10.0. The Morgan fingerprint density at radius 3 is 2.07 bits per heavy atom. The Hall–Kier alpha value is -2.57. The van der Waals surface area contributed by atoms with E-state index in [1.54, 1.807) is 32.9 Å². The van der Waals surface area contributed by atoms with Gasteiger partial charge in [-0.3, -0.25) is 9.59 Å². The summed E-state index contributed by atoms with van der Waals surface area (Å²) in [5, 5.41) is 7.97. The summed E-state index contributed by atoms with van der Waals surface area (Å²) in [5.41, 5.74) is 1.20. The zero-order valence-electron chi connectivity index (χ0n) is 16.8. The van der Waals surface area contributed by atoms with Gasteiger partial charge in [-0.25, -0.2) is 4.79 Å². The SMILES string of the molecule is CC(C)c1ccc(C(=O)NCCNC(=O)CCNC(=O)OC(C)(C)C)cc1. The van der Waals surface area contributed by atoms with Gasteiger partial charge in [0.25, 0.3) is 5.91 Å². The van der Waals surface area contributed by atoms with Gasteiger partial charge in [0, 0.05) is 31.6 Å². The molecule has 0 saturated heterocycles. The monoisotopic (exact) mass is 377 g/mol. The topological polar surface area (TPSA) is 96.5 Å². The third-order valence-electron chi connectivity index (χ3n) is 3.59. The fourth-order valence-electron chi connectivity index (χ4n) is 2.18. The number of amides is 3. The third-order valence-corrected chi connectivity index (χ3v) is 3.59. The highest BCUT2D eigenvalue weighted by molar-refractivity contribution is 5.94. The Morgan fingerprint density at radius 2 is 1.52 bits per heavy atom. The van der Waals surface area contributed by atoms with Crippen molar-refractivity contribution in [1.29, 1.82) is 0 Å². The maximum Gasteiger partial charge on any atom is 0.407 e. The van der Waals surface area contributed by atoms with Crippen LogP contribution in [0.5, 0.6) is 0 Å². The van der Waals surface area contributed by atoms with Crippen LogP contribution in [-0.4, -0.2) is 43.1 Å². The fourth-order valence-corrected chi connectivity index (χ4v) is 2.18. The fraction of sp³-hybridized carbons (Fsp3) is 0.550. The predicted molar refractivity (Wildman–Crippen MR) is 105 cm³/mol. The van der Waals surface area contributed by atoms with Gasteiger partial charge in [0.15, 0.2) is 0 Å². The summed E-state index contributed by atoms with van der Waals surface area (Å²) in [6.45, 7) is 10.3. The Bertz CT molecular complexity index is 634. The van der Waals surface area contributed by atoms with Crippen LogP contribution in [0.1, 0.15) is 62.9 Å². The zero-order chi connectivity index (χ0) is 20.4. The second-order valence-corrected chi connectivity index (χ2v) is 7.56. The Balaban J connectivity index is 2.19. The number of rotatable bonds is 8. The number of hydrogen-bond acceptors (Lipinski definition) is 4. The average Bonchev–Trinajstić information content (AvgIpc) is 2.57. The quantitative estimate of drug-likeness (QED) is 0.607. The van der Waals surface area contributed by atoms with E-state index in [0.29, 0.717) is 24.6 Å². The van der Waals surface area contributed by atoms with Crippen LogP contribution in [0.25, 0.3) is 0 Å². The van der Waals surface area contributed by atoms with E-state index >= 15 is 0 Å². The molecule has 150 valence electrons. The van der Waals surface area contributed by atoms with Crippen LogP contribution < -0.4 is 16.0 Å². The third kappa shape index (κ3) is 9.63. The molecular weight excluding hydrogens is 346 g/mol. The summed E-state index contributed by atoms with van der Waals surface area (Å²) in [7, 11) is 0. The van der Waals surface area contributed by atoms with Crippen molar-refractivity contribution in [2.75, 3.05) is 19.6 Å². The first kappa shape index (κ1) is 22.5. The lowest BCUT2D eigenvalue weighted by Crippen LogP contribution is -2.37. The molecule has 0 atom stereocenters. The molecule has 1 aromatic carbocycles. The van der Waals surface area contributed by atoms with E-state index in [1.807, 2.05) is 12.1 Å². The minimum atomic E-state index is -0.570. The van der Waals surface area contributed by atoms with Gasteiger partial charge in [-0.05, 0) is 44.4 Å². The van der Waals surface area contributed by atoms with Gasteiger partial charge in [0.05, 0.1) is 0 Å². The van der Waals surface area contributed by atoms with Crippen LogP contribution in [0.4, 0.5) is 4.79 Å². The summed E-state index contributed by atoms with van der Waals surface area (Å²) in [4.78, 5) is 35.2. The lowest BCUT2D eigenvalue weighted by Gasteiger charge is -2.19. The number of carbonyl (C=O) groups excluding carboxylic acids is 3. The molecular formula is C20H31N3O4. The summed E-state index contributed by atoms with van der Waals surface area (Å²) in [6, 6.07) is 7.48. The smallest absolute Gasteiger partial charge is 0.407 e. The second kappa shape index (κ2) is 10.5. The molecule has 0 fully saturated rings. The number of carbonyl (C=O) groups is 3. The van der Waals surface area contributed by atoms with Crippen LogP contribution >= 0.6 is 0 Å². The Kier molecular flexibility index (Phi) is 8.78. The number of alkyl carbamates (subject to hydrolysis) is 1. The molecule has 0 spiro atoms. The van der Waals surface area contributed by atoms with Gasteiger partial charge in [-0.2, -0.15) is 0 Å². The number of ether oxygens (including phenoxy) is 1. The molecule has 0 saturated carbocycles. The van der Waals surface area contributed by atoms with Crippen molar-refractivity contribution in [1.82, 2.24) is 16.0 Å². The van der Waals surface area contributed by atoms with Crippen LogP contribution in [0.15, 0.2) is 24.3 Å². The molecule has 3 N–H and O–H groups in total. The van der Waals surface area contributed by atoms with Crippen molar-refractivity contribution in [2.24, 2.45) is 0 Å². The van der Waals surface area contributed by atoms with Crippen molar-refractivity contribution in [2.45, 2.75) is 52.6 Å². The van der Waals surface area contributed by atoms with Crippen molar-refractivity contribution in [3.63, 3.8) is 0 Å². The molecule has 0 unspecified atom stereocenters. The van der Waals surface area contributed by atoms with E-state index < -0.39 is 11.7 Å². The van der Waals surface area contributed by atoms with E-state index in [1.165, 1.54) is 5.56 Å². The van der Waals surface area contributed by atoms with Crippen LogP contribution in [-0.2, 0) is 9.53 Å². The van der Waals surface area contributed by atoms with Gasteiger partial charge in [-0.1, -0.05) is 26.0 Å². The number of benzene rings is 1. The van der Waals surface area contributed by atoms with Gasteiger partial charge in [0.1, 0.15) is 5.60 Å². The molecule has 0 aliphatic carbocycles. The Labute approximate surface area is 161 Å². The average molecular weight is 377 g/mol. The van der Waals surface area contributed by atoms with Gasteiger partial charge in [-0.15, -0.1) is 0 Å². The summed E-state index contributed by atoms with van der Waals surface area (Å²) >= 11 is 0. The maximum atomic E-state index is 12.0.